The smallest absolute Gasteiger partial charge is 0.271 e. The predicted molar refractivity (Wildman–Crippen MR) is 158 cm³/mol. The molecule has 0 radical (unpaired) electrons. The number of amides is 1. The van der Waals surface area contributed by atoms with E-state index in [0.717, 1.165) is 36.3 Å². The molecule has 1 amide bonds. The van der Waals surface area contributed by atoms with Crippen LogP contribution in [-0.4, -0.2) is 23.6 Å². The number of hydrogen-bond acceptors (Lipinski definition) is 6. The summed E-state index contributed by atoms with van der Waals surface area (Å²) in [5, 5.41) is 2.91. The van der Waals surface area contributed by atoms with Crippen LogP contribution in [0.3, 0.4) is 0 Å². The zero-order valence-electron chi connectivity index (χ0n) is 21.7. The highest BCUT2D eigenvalue weighted by atomic mass is 79.9. The first kappa shape index (κ1) is 26.5. The Hall–Kier alpha value is -3.76. The number of para-hydroxylation sites is 1. The lowest BCUT2D eigenvalue weighted by Gasteiger charge is -2.26. The van der Waals surface area contributed by atoms with E-state index in [-0.39, 0.29) is 11.5 Å². The van der Waals surface area contributed by atoms with Crippen molar-refractivity contribution in [3.63, 3.8) is 0 Å². The zero-order valence-corrected chi connectivity index (χ0v) is 24.1. The predicted octanol–water partition coefficient (Wildman–Crippen LogP) is 5.36. The molecule has 2 aliphatic heterocycles. The number of halogens is 2. The van der Waals surface area contributed by atoms with Crippen molar-refractivity contribution in [1.29, 1.82) is 0 Å². The molecule has 1 N–H and O–H groups in total. The highest BCUT2D eigenvalue weighted by Crippen LogP contribution is 2.33. The largest absolute Gasteiger partial charge is 0.440 e. The maximum absolute atomic E-state index is 13.9. The van der Waals surface area contributed by atoms with Crippen LogP contribution in [0.4, 0.5) is 16.0 Å². The van der Waals surface area contributed by atoms with Crippen LogP contribution in [0, 0.1) is 5.82 Å². The van der Waals surface area contributed by atoms with Crippen molar-refractivity contribution in [2.24, 2.45) is 4.99 Å². The molecule has 4 heterocycles. The van der Waals surface area contributed by atoms with Crippen LogP contribution in [0.15, 0.2) is 90.6 Å². The molecule has 2 aromatic heterocycles. The van der Waals surface area contributed by atoms with Crippen molar-refractivity contribution < 1.29 is 13.6 Å². The Morgan fingerprint density at radius 3 is 2.58 bits per heavy atom. The van der Waals surface area contributed by atoms with E-state index in [1.165, 1.54) is 34.5 Å². The fourth-order valence-electron chi connectivity index (χ4n) is 5.18. The molecule has 7 nitrogen and oxygen atoms in total. The summed E-state index contributed by atoms with van der Waals surface area (Å²) in [5.74, 6) is 0.532. The summed E-state index contributed by atoms with van der Waals surface area (Å²) in [7, 11) is 0. The number of furan rings is 1. The second-order valence-electron chi connectivity index (χ2n) is 9.80. The maximum atomic E-state index is 13.9. The summed E-state index contributed by atoms with van der Waals surface area (Å²) in [4.78, 5) is 34.8. The molecule has 0 saturated carbocycles. The molecule has 10 heteroatoms. The van der Waals surface area contributed by atoms with E-state index in [1.54, 1.807) is 37.3 Å². The van der Waals surface area contributed by atoms with Gasteiger partial charge in [-0.1, -0.05) is 41.7 Å². The van der Waals surface area contributed by atoms with Gasteiger partial charge in [0.25, 0.3) is 11.5 Å². The van der Waals surface area contributed by atoms with E-state index in [9.17, 15) is 14.0 Å². The Labute approximate surface area is 242 Å². The van der Waals surface area contributed by atoms with Crippen LogP contribution in [0.25, 0.3) is 6.08 Å². The molecule has 1 atom stereocenters. The molecule has 1 fully saturated rings. The van der Waals surface area contributed by atoms with Crippen molar-refractivity contribution in [3.05, 3.63) is 113 Å². The molecule has 4 aromatic rings. The first-order valence-electron chi connectivity index (χ1n) is 13.1. The number of hydrogen-bond donors (Lipinski definition) is 1. The van der Waals surface area contributed by atoms with E-state index < -0.39 is 11.9 Å². The maximum Gasteiger partial charge on any atom is 0.271 e. The van der Waals surface area contributed by atoms with Gasteiger partial charge >= 0.3 is 0 Å². The van der Waals surface area contributed by atoms with E-state index in [1.807, 2.05) is 24.3 Å². The molecular formula is C30H26BrFN4O3S. The summed E-state index contributed by atoms with van der Waals surface area (Å²) in [6.45, 7) is 3.61. The fourth-order valence-corrected chi connectivity index (χ4v) is 6.77. The average molecular weight is 622 g/mol. The highest BCUT2D eigenvalue weighted by Gasteiger charge is 2.32. The quantitative estimate of drug-likeness (QED) is 0.326. The van der Waals surface area contributed by atoms with Crippen LogP contribution in [0.1, 0.15) is 43.6 Å². The number of anilines is 2. The minimum Gasteiger partial charge on any atom is -0.440 e. The summed E-state index contributed by atoms with van der Waals surface area (Å²) >= 11 is 4.84. The average Bonchev–Trinajstić information content (AvgIpc) is 3.47. The second-order valence-corrected chi connectivity index (χ2v) is 11.7. The Bertz CT molecular complexity index is 1780. The van der Waals surface area contributed by atoms with Crippen LogP contribution >= 0.6 is 27.3 Å². The van der Waals surface area contributed by atoms with E-state index in [2.05, 4.69) is 31.1 Å². The van der Waals surface area contributed by atoms with E-state index in [4.69, 9.17) is 4.42 Å². The number of piperidine rings is 1. The molecule has 2 aromatic carbocycles. The zero-order chi connectivity index (χ0) is 27.8. The molecule has 204 valence electrons. The normalized spacial score (nSPS) is 17.5. The van der Waals surface area contributed by atoms with Gasteiger partial charge in [-0.2, -0.15) is 0 Å². The summed E-state index contributed by atoms with van der Waals surface area (Å²) in [6.07, 6.45) is 5.16. The van der Waals surface area contributed by atoms with Gasteiger partial charge in [0.05, 0.1) is 26.3 Å². The van der Waals surface area contributed by atoms with Gasteiger partial charge in [0.15, 0.2) is 4.80 Å². The summed E-state index contributed by atoms with van der Waals surface area (Å²) in [5.41, 5.74) is 1.74. The van der Waals surface area contributed by atoms with Crippen LogP contribution in [0.5, 0.6) is 0 Å². The minimum absolute atomic E-state index is 0.303. The molecule has 0 bridgehead atoms. The molecular weight excluding hydrogens is 595 g/mol. The highest BCUT2D eigenvalue weighted by molar-refractivity contribution is 9.10. The number of carbonyl (C=O) groups is 1. The van der Waals surface area contributed by atoms with Gasteiger partial charge in [0.1, 0.15) is 11.6 Å². The molecule has 0 spiro atoms. The monoisotopic (exact) mass is 620 g/mol. The number of nitrogens with one attached hydrogen (secondary N) is 1. The van der Waals surface area contributed by atoms with Crippen LogP contribution in [-0.2, 0) is 4.79 Å². The van der Waals surface area contributed by atoms with Crippen LogP contribution < -0.4 is 25.1 Å². The van der Waals surface area contributed by atoms with Gasteiger partial charge in [-0.15, -0.1) is 0 Å². The third kappa shape index (κ3) is 5.09. The van der Waals surface area contributed by atoms with E-state index >= 15 is 0 Å². The number of fused-ring (bicyclic) bond motifs is 1. The molecule has 0 unspecified atom stereocenters. The SMILES string of the molecule is CC1=C(C(=O)Nc2ccccc2)[C@@H](c2ccc(F)cc2)n2c(s/c(=C/c3cc(Br)c(N4CCCCC4)o3)c2=O)=N1. The van der Waals surface area contributed by atoms with E-state index in [0.29, 0.717) is 37.6 Å². The van der Waals surface area contributed by atoms with Crippen LogP contribution in [0.2, 0.25) is 0 Å². The Balaban J connectivity index is 1.44. The first-order chi connectivity index (χ1) is 19.4. The van der Waals surface area contributed by atoms with Gasteiger partial charge in [-0.3, -0.25) is 14.2 Å². The first-order valence-corrected chi connectivity index (χ1v) is 14.7. The van der Waals surface area contributed by atoms with Crippen molar-refractivity contribution in [2.75, 3.05) is 23.3 Å². The third-order valence-corrected chi connectivity index (χ3v) is 8.64. The summed E-state index contributed by atoms with van der Waals surface area (Å²) in [6, 6.07) is 16.0. The Morgan fingerprint density at radius 1 is 1.12 bits per heavy atom. The van der Waals surface area contributed by atoms with Gasteiger partial charge in [0.2, 0.25) is 5.88 Å². The van der Waals surface area contributed by atoms with Gasteiger partial charge in [0, 0.05) is 30.9 Å². The number of nitrogens with zero attached hydrogens (tertiary/aromatic N) is 3. The number of benzene rings is 2. The standard InChI is InChI=1S/C30H26BrFN4O3S/c1-18-25(27(37)34-21-8-4-2-5-9-21)26(19-10-12-20(32)13-11-19)36-28(38)24(40-30(36)33-18)17-22-16-23(31)29(39-22)35-14-6-3-7-15-35/h2,4-5,8-13,16-17,26H,3,6-7,14-15H2,1H3,(H,34,37)/b24-17+/t26-/m1/s1. The fraction of sp³-hybridized carbons (Fsp3) is 0.233. The Kier molecular flexibility index (Phi) is 7.29. The molecule has 6 rings (SSSR count). The van der Waals surface area contributed by atoms with Gasteiger partial charge in [-0.25, -0.2) is 9.38 Å². The number of allylic oxidation sites excluding steroid dienone is 1. The molecule has 2 aliphatic rings. The minimum atomic E-state index is -0.782. The van der Waals surface area contributed by atoms with Crippen molar-refractivity contribution in [1.82, 2.24) is 4.57 Å². The second kappa shape index (κ2) is 11.0. The number of rotatable bonds is 5. The number of carbonyl (C=O) groups excluding carboxylic acids is 1. The molecule has 40 heavy (non-hydrogen) atoms. The topological polar surface area (TPSA) is 79.8 Å². The third-order valence-electron chi connectivity index (χ3n) is 7.09. The van der Waals surface area contributed by atoms with Gasteiger partial charge in [-0.05, 0) is 71.9 Å². The lowest BCUT2D eigenvalue weighted by Crippen LogP contribution is -2.40. The van der Waals surface area contributed by atoms with Crippen molar-refractivity contribution >= 4 is 50.8 Å². The van der Waals surface area contributed by atoms with Crippen molar-refractivity contribution in [3.8, 4) is 0 Å². The number of aromatic nitrogens is 1. The molecule has 0 aliphatic carbocycles. The number of thiazole rings is 1. The van der Waals surface area contributed by atoms with Gasteiger partial charge < -0.3 is 14.6 Å². The summed E-state index contributed by atoms with van der Waals surface area (Å²) < 4.78 is 22.8. The van der Waals surface area contributed by atoms with Crippen molar-refractivity contribution in [2.45, 2.75) is 32.2 Å². The lowest BCUT2D eigenvalue weighted by atomic mass is 9.95. The molecule has 1 saturated heterocycles. The lowest BCUT2D eigenvalue weighted by molar-refractivity contribution is -0.113. The Morgan fingerprint density at radius 2 is 1.85 bits per heavy atom.